The van der Waals surface area contributed by atoms with Gasteiger partial charge in [0.2, 0.25) is 5.91 Å². The van der Waals surface area contributed by atoms with Crippen molar-refractivity contribution in [1.82, 2.24) is 0 Å². The van der Waals surface area contributed by atoms with Crippen LogP contribution in [0.1, 0.15) is 29.8 Å². The molecule has 0 radical (unpaired) electrons. The molecular formula is C19H20N2O4. The number of carbonyl (C=O) groups is 3. The van der Waals surface area contributed by atoms with Crippen molar-refractivity contribution in [2.24, 2.45) is 0 Å². The number of benzene rings is 2. The Morgan fingerprint density at radius 1 is 0.880 bits per heavy atom. The van der Waals surface area contributed by atoms with E-state index in [1.54, 1.807) is 24.3 Å². The van der Waals surface area contributed by atoms with Gasteiger partial charge in [-0.25, -0.2) is 4.79 Å². The highest BCUT2D eigenvalue weighted by Crippen LogP contribution is 2.13. The van der Waals surface area contributed by atoms with Crippen LogP contribution in [0.15, 0.2) is 48.5 Å². The number of ether oxygens (including phenoxy) is 1. The van der Waals surface area contributed by atoms with Crippen LogP contribution in [-0.4, -0.2) is 23.9 Å². The molecule has 0 aliphatic heterocycles. The van der Waals surface area contributed by atoms with Gasteiger partial charge in [0.15, 0.2) is 6.10 Å². The minimum Gasteiger partial charge on any atom is -0.449 e. The number of nitrogens with one attached hydrogen (secondary N) is 2. The van der Waals surface area contributed by atoms with Gasteiger partial charge in [0.1, 0.15) is 0 Å². The summed E-state index contributed by atoms with van der Waals surface area (Å²) in [5.74, 6) is -1.22. The number of hydrogen-bond donors (Lipinski definition) is 2. The quantitative estimate of drug-likeness (QED) is 0.819. The van der Waals surface area contributed by atoms with Crippen molar-refractivity contribution in [3.8, 4) is 0 Å². The van der Waals surface area contributed by atoms with Gasteiger partial charge in [-0.2, -0.15) is 0 Å². The van der Waals surface area contributed by atoms with Crippen molar-refractivity contribution in [3.63, 3.8) is 0 Å². The second-order valence-corrected chi connectivity index (χ2v) is 5.66. The number of carbonyl (C=O) groups excluding carboxylic acids is 3. The third-order valence-electron chi connectivity index (χ3n) is 3.41. The van der Waals surface area contributed by atoms with E-state index in [0.717, 1.165) is 5.56 Å². The molecule has 0 aliphatic rings. The molecular weight excluding hydrogens is 320 g/mol. The van der Waals surface area contributed by atoms with Crippen LogP contribution in [-0.2, 0) is 14.3 Å². The molecule has 25 heavy (non-hydrogen) atoms. The maximum absolute atomic E-state index is 12.1. The van der Waals surface area contributed by atoms with Crippen molar-refractivity contribution in [1.29, 1.82) is 0 Å². The molecule has 0 unspecified atom stereocenters. The van der Waals surface area contributed by atoms with Gasteiger partial charge in [-0.15, -0.1) is 0 Å². The summed E-state index contributed by atoms with van der Waals surface area (Å²) in [6.45, 7) is 4.86. The fourth-order valence-electron chi connectivity index (χ4n) is 2.06. The Bertz CT molecular complexity index is 767. The molecule has 2 N–H and O–H groups in total. The van der Waals surface area contributed by atoms with Gasteiger partial charge in [0.25, 0.3) is 5.91 Å². The van der Waals surface area contributed by atoms with Gasteiger partial charge in [-0.3, -0.25) is 9.59 Å². The number of aryl methyl sites for hydroxylation is 1. The van der Waals surface area contributed by atoms with Gasteiger partial charge in [0.05, 0.1) is 5.56 Å². The Morgan fingerprint density at radius 3 is 1.96 bits per heavy atom. The van der Waals surface area contributed by atoms with Crippen molar-refractivity contribution in [3.05, 3.63) is 59.7 Å². The van der Waals surface area contributed by atoms with Gasteiger partial charge in [-0.05, 0) is 50.2 Å². The second kappa shape index (κ2) is 8.10. The minimum absolute atomic E-state index is 0.197. The summed E-state index contributed by atoms with van der Waals surface area (Å²) in [6, 6.07) is 13.6. The first-order valence-electron chi connectivity index (χ1n) is 7.81. The second-order valence-electron chi connectivity index (χ2n) is 5.66. The van der Waals surface area contributed by atoms with Crippen molar-refractivity contribution >= 4 is 29.2 Å². The fourth-order valence-corrected chi connectivity index (χ4v) is 2.06. The molecule has 2 rings (SSSR count). The number of anilines is 2. The van der Waals surface area contributed by atoms with E-state index in [1.165, 1.54) is 26.0 Å². The number of rotatable bonds is 5. The number of esters is 1. The van der Waals surface area contributed by atoms with E-state index < -0.39 is 18.0 Å². The zero-order valence-electron chi connectivity index (χ0n) is 14.3. The summed E-state index contributed by atoms with van der Waals surface area (Å²) in [5, 5.41) is 5.30. The highest BCUT2D eigenvalue weighted by molar-refractivity contribution is 5.97. The fraction of sp³-hybridized carbons (Fsp3) is 0.211. The maximum Gasteiger partial charge on any atom is 0.338 e. The molecule has 0 aromatic heterocycles. The number of hydrogen-bond acceptors (Lipinski definition) is 4. The predicted molar refractivity (Wildman–Crippen MR) is 95.4 cm³/mol. The Labute approximate surface area is 146 Å². The molecule has 0 saturated carbocycles. The molecule has 0 heterocycles. The summed E-state index contributed by atoms with van der Waals surface area (Å²) in [6.07, 6.45) is -0.941. The first kappa shape index (κ1) is 18.2. The van der Waals surface area contributed by atoms with Crippen LogP contribution >= 0.6 is 0 Å². The van der Waals surface area contributed by atoms with E-state index in [2.05, 4.69) is 10.6 Å². The lowest BCUT2D eigenvalue weighted by Crippen LogP contribution is -2.30. The minimum atomic E-state index is -0.941. The van der Waals surface area contributed by atoms with E-state index >= 15 is 0 Å². The first-order valence-corrected chi connectivity index (χ1v) is 7.81. The molecule has 0 saturated heterocycles. The molecule has 6 heteroatoms. The molecule has 0 spiro atoms. The van der Waals surface area contributed by atoms with Crippen LogP contribution in [0.25, 0.3) is 0 Å². The lowest BCUT2D eigenvalue weighted by molar-refractivity contribution is -0.123. The molecule has 0 bridgehead atoms. The Balaban J connectivity index is 1.93. The summed E-state index contributed by atoms with van der Waals surface area (Å²) in [5.41, 5.74) is 2.59. The highest BCUT2D eigenvalue weighted by Gasteiger charge is 2.19. The molecule has 2 amide bonds. The molecule has 0 fully saturated rings. The zero-order chi connectivity index (χ0) is 18.4. The van der Waals surface area contributed by atoms with Gasteiger partial charge < -0.3 is 15.4 Å². The molecule has 130 valence electrons. The monoisotopic (exact) mass is 340 g/mol. The predicted octanol–water partition coefficient (Wildman–Crippen LogP) is 3.14. The third kappa shape index (κ3) is 5.46. The van der Waals surface area contributed by atoms with Crippen molar-refractivity contribution in [2.75, 3.05) is 10.6 Å². The summed E-state index contributed by atoms with van der Waals surface area (Å²) in [7, 11) is 0. The largest absolute Gasteiger partial charge is 0.449 e. The molecule has 2 aromatic rings. The lowest BCUT2D eigenvalue weighted by Gasteiger charge is -2.14. The van der Waals surface area contributed by atoms with Crippen LogP contribution in [0.5, 0.6) is 0 Å². The van der Waals surface area contributed by atoms with E-state index in [1.807, 2.05) is 19.1 Å². The van der Waals surface area contributed by atoms with Crippen LogP contribution in [0.2, 0.25) is 0 Å². The average molecular weight is 340 g/mol. The summed E-state index contributed by atoms with van der Waals surface area (Å²) in [4.78, 5) is 35.2. The highest BCUT2D eigenvalue weighted by atomic mass is 16.5. The van der Waals surface area contributed by atoms with Crippen LogP contribution in [0.3, 0.4) is 0 Å². The van der Waals surface area contributed by atoms with Gasteiger partial charge in [-0.1, -0.05) is 17.7 Å². The molecule has 6 nitrogen and oxygen atoms in total. The summed E-state index contributed by atoms with van der Waals surface area (Å²) < 4.78 is 5.18. The van der Waals surface area contributed by atoms with Gasteiger partial charge in [0, 0.05) is 18.3 Å². The van der Waals surface area contributed by atoms with E-state index in [-0.39, 0.29) is 5.91 Å². The topological polar surface area (TPSA) is 84.5 Å². The maximum atomic E-state index is 12.1. The Morgan fingerprint density at radius 2 is 1.40 bits per heavy atom. The average Bonchev–Trinajstić information content (AvgIpc) is 2.57. The van der Waals surface area contributed by atoms with Gasteiger partial charge >= 0.3 is 5.97 Å². The summed E-state index contributed by atoms with van der Waals surface area (Å²) >= 11 is 0. The first-order chi connectivity index (χ1) is 11.8. The van der Waals surface area contributed by atoms with Crippen molar-refractivity contribution in [2.45, 2.75) is 26.9 Å². The van der Waals surface area contributed by atoms with Crippen molar-refractivity contribution < 1.29 is 19.1 Å². The molecule has 0 aliphatic carbocycles. The van der Waals surface area contributed by atoms with Crippen LogP contribution in [0, 0.1) is 6.92 Å². The number of amides is 2. The lowest BCUT2D eigenvalue weighted by atomic mass is 10.2. The molecule has 2 aromatic carbocycles. The van der Waals surface area contributed by atoms with E-state index in [4.69, 9.17) is 4.74 Å². The standard InChI is InChI=1S/C19H20N2O4/c1-12-4-8-17(9-5-12)21-18(23)13(2)25-19(24)15-6-10-16(11-7-15)20-14(3)22/h4-11,13H,1-3H3,(H,20,22)(H,21,23)/t13-/m0/s1. The van der Waals surface area contributed by atoms with Crippen LogP contribution in [0.4, 0.5) is 11.4 Å². The smallest absolute Gasteiger partial charge is 0.338 e. The van der Waals surface area contributed by atoms with E-state index in [9.17, 15) is 14.4 Å². The van der Waals surface area contributed by atoms with Crippen LogP contribution < -0.4 is 10.6 Å². The Hall–Kier alpha value is -3.15. The SMILES string of the molecule is CC(=O)Nc1ccc(C(=O)O[C@@H](C)C(=O)Nc2ccc(C)cc2)cc1. The van der Waals surface area contributed by atoms with E-state index in [0.29, 0.717) is 16.9 Å². The molecule has 1 atom stereocenters. The zero-order valence-corrected chi connectivity index (χ0v) is 14.3. The Kier molecular flexibility index (Phi) is 5.89. The normalized spacial score (nSPS) is 11.3. The third-order valence-corrected chi connectivity index (χ3v) is 3.41.